The van der Waals surface area contributed by atoms with Gasteiger partial charge in [0.2, 0.25) is 5.91 Å². The molecule has 35 heavy (non-hydrogen) atoms. The molecule has 0 aromatic heterocycles. The Labute approximate surface area is 204 Å². The third kappa shape index (κ3) is 5.35. The molecule has 2 unspecified atom stereocenters. The van der Waals surface area contributed by atoms with Crippen LogP contribution in [0.3, 0.4) is 0 Å². The lowest BCUT2D eigenvalue weighted by Crippen LogP contribution is -2.47. The van der Waals surface area contributed by atoms with Crippen molar-refractivity contribution >= 4 is 18.0 Å². The van der Waals surface area contributed by atoms with E-state index in [1.54, 1.807) is 30.3 Å². The fraction of sp³-hybridized carbons (Fsp3) is 0.250. The smallest absolute Gasteiger partial charge is 0.408 e. The van der Waals surface area contributed by atoms with Crippen molar-refractivity contribution in [3.63, 3.8) is 0 Å². The number of amides is 2. The van der Waals surface area contributed by atoms with E-state index in [0.717, 1.165) is 22.3 Å². The summed E-state index contributed by atoms with van der Waals surface area (Å²) in [6.07, 6.45) is 0.124. The zero-order chi connectivity index (χ0) is 24.8. The van der Waals surface area contributed by atoms with Gasteiger partial charge in [-0.1, -0.05) is 92.2 Å². The summed E-state index contributed by atoms with van der Waals surface area (Å²) in [5, 5.41) is 14.6. The zero-order valence-electron chi connectivity index (χ0n) is 19.4. The lowest BCUT2D eigenvalue weighted by Gasteiger charge is -2.22. The highest BCUT2D eigenvalue weighted by molar-refractivity contribution is 5.90. The van der Waals surface area contributed by atoms with E-state index in [9.17, 15) is 19.5 Å². The Kier molecular flexibility index (Phi) is 7.45. The first kappa shape index (κ1) is 24.0. The third-order valence-corrected chi connectivity index (χ3v) is 6.19. The zero-order valence-corrected chi connectivity index (χ0v) is 19.4. The highest BCUT2D eigenvalue weighted by Crippen LogP contribution is 2.44. The summed E-state index contributed by atoms with van der Waals surface area (Å²) in [5.41, 5.74) is 4.94. The van der Waals surface area contributed by atoms with Crippen molar-refractivity contribution in [2.45, 2.75) is 37.8 Å². The van der Waals surface area contributed by atoms with E-state index < -0.39 is 30.1 Å². The molecule has 0 heterocycles. The van der Waals surface area contributed by atoms with Gasteiger partial charge in [0.1, 0.15) is 18.7 Å². The molecule has 3 N–H and O–H groups in total. The summed E-state index contributed by atoms with van der Waals surface area (Å²) in [4.78, 5) is 37.4. The quantitative estimate of drug-likeness (QED) is 0.421. The molecule has 0 saturated heterocycles. The monoisotopic (exact) mass is 472 g/mol. The second kappa shape index (κ2) is 10.9. The number of fused-ring (bicyclic) bond motifs is 3. The maximum atomic E-state index is 13.0. The van der Waals surface area contributed by atoms with Crippen molar-refractivity contribution in [2.24, 2.45) is 0 Å². The van der Waals surface area contributed by atoms with Crippen LogP contribution in [0.2, 0.25) is 0 Å². The minimum absolute atomic E-state index is 0.108. The van der Waals surface area contributed by atoms with Crippen LogP contribution >= 0.6 is 0 Å². The minimum Gasteiger partial charge on any atom is -0.480 e. The van der Waals surface area contributed by atoms with Crippen molar-refractivity contribution in [3.05, 3.63) is 95.6 Å². The number of hydrogen-bond donors (Lipinski definition) is 3. The van der Waals surface area contributed by atoms with Gasteiger partial charge in [0.25, 0.3) is 0 Å². The van der Waals surface area contributed by atoms with Crippen molar-refractivity contribution in [3.8, 4) is 11.1 Å². The van der Waals surface area contributed by atoms with Crippen LogP contribution in [0.5, 0.6) is 0 Å². The second-order valence-corrected chi connectivity index (χ2v) is 8.50. The number of carboxylic acids is 1. The molecule has 0 spiro atoms. The molecule has 180 valence electrons. The van der Waals surface area contributed by atoms with Crippen LogP contribution in [0.1, 0.15) is 48.4 Å². The fourth-order valence-electron chi connectivity index (χ4n) is 4.50. The average Bonchev–Trinajstić information content (AvgIpc) is 3.20. The van der Waals surface area contributed by atoms with E-state index in [4.69, 9.17) is 4.74 Å². The summed E-state index contributed by atoms with van der Waals surface area (Å²) < 4.78 is 5.60. The van der Waals surface area contributed by atoms with Crippen LogP contribution in [-0.2, 0) is 14.3 Å². The van der Waals surface area contributed by atoms with E-state index in [1.165, 1.54) is 0 Å². The SMILES string of the molecule is CCCC(NC(=O)C(NC(=O)OCC1c2ccccc2-c2ccccc21)c1ccccc1)C(=O)O. The van der Waals surface area contributed by atoms with Crippen LogP contribution < -0.4 is 10.6 Å². The van der Waals surface area contributed by atoms with E-state index in [2.05, 4.69) is 22.8 Å². The number of carboxylic acid groups (broad SMARTS) is 1. The molecule has 2 amide bonds. The van der Waals surface area contributed by atoms with E-state index in [-0.39, 0.29) is 18.9 Å². The number of rotatable bonds is 9. The molecule has 7 heteroatoms. The number of carbonyl (C=O) groups is 3. The van der Waals surface area contributed by atoms with Gasteiger partial charge in [-0.3, -0.25) is 4.79 Å². The van der Waals surface area contributed by atoms with Gasteiger partial charge >= 0.3 is 12.1 Å². The van der Waals surface area contributed by atoms with Gasteiger partial charge in [0.05, 0.1) is 0 Å². The standard InChI is InChI=1S/C28H28N2O5/c1-2-10-24(27(32)33)29-26(31)25(18-11-4-3-5-12-18)30-28(34)35-17-23-21-15-8-6-13-19(21)20-14-7-9-16-22(20)23/h3-9,11-16,23-25H,2,10,17H2,1H3,(H,29,31)(H,30,34)(H,32,33). The molecule has 3 aromatic rings. The van der Waals surface area contributed by atoms with Crippen LogP contribution in [0, 0.1) is 0 Å². The lowest BCUT2D eigenvalue weighted by atomic mass is 9.98. The minimum atomic E-state index is -1.12. The molecule has 1 aliphatic rings. The average molecular weight is 473 g/mol. The van der Waals surface area contributed by atoms with Gasteiger partial charge in [0, 0.05) is 5.92 Å². The molecular formula is C28H28N2O5. The Morgan fingerprint density at radius 1 is 0.857 bits per heavy atom. The Balaban J connectivity index is 1.48. The number of hydrogen-bond acceptors (Lipinski definition) is 4. The second-order valence-electron chi connectivity index (χ2n) is 8.50. The summed E-state index contributed by atoms with van der Waals surface area (Å²) in [7, 11) is 0. The first-order valence-corrected chi connectivity index (χ1v) is 11.7. The Hall–Kier alpha value is -4.13. The maximum Gasteiger partial charge on any atom is 0.408 e. The topological polar surface area (TPSA) is 105 Å². The number of nitrogens with one attached hydrogen (secondary N) is 2. The van der Waals surface area contributed by atoms with Crippen LogP contribution in [0.25, 0.3) is 11.1 Å². The first-order valence-electron chi connectivity index (χ1n) is 11.7. The van der Waals surface area contributed by atoms with E-state index >= 15 is 0 Å². The molecule has 2 atom stereocenters. The lowest BCUT2D eigenvalue weighted by molar-refractivity contribution is -0.142. The Bertz CT molecular complexity index is 1170. The van der Waals surface area contributed by atoms with E-state index in [0.29, 0.717) is 12.0 Å². The Morgan fingerprint density at radius 3 is 2.00 bits per heavy atom. The summed E-state index contributed by atoms with van der Waals surface area (Å²) in [5.74, 6) is -1.84. The summed E-state index contributed by atoms with van der Waals surface area (Å²) >= 11 is 0. The maximum absolute atomic E-state index is 13.0. The fourth-order valence-corrected chi connectivity index (χ4v) is 4.50. The molecule has 0 saturated carbocycles. The molecule has 0 radical (unpaired) electrons. The third-order valence-electron chi connectivity index (χ3n) is 6.19. The van der Waals surface area contributed by atoms with Gasteiger partial charge in [0.15, 0.2) is 0 Å². The molecule has 3 aromatic carbocycles. The number of benzene rings is 3. The molecule has 0 aliphatic heterocycles. The highest BCUT2D eigenvalue weighted by Gasteiger charge is 2.31. The van der Waals surface area contributed by atoms with Gasteiger partial charge in [-0.25, -0.2) is 9.59 Å². The first-order chi connectivity index (χ1) is 17.0. The molecule has 0 bridgehead atoms. The van der Waals surface area contributed by atoms with Crippen LogP contribution in [0.4, 0.5) is 4.79 Å². The van der Waals surface area contributed by atoms with Crippen molar-refractivity contribution < 1.29 is 24.2 Å². The van der Waals surface area contributed by atoms with Gasteiger partial charge in [-0.15, -0.1) is 0 Å². The molecule has 4 rings (SSSR count). The van der Waals surface area contributed by atoms with E-state index in [1.807, 2.05) is 43.3 Å². The normalized spacial score (nSPS) is 13.7. The molecular weight excluding hydrogens is 444 g/mol. The molecule has 7 nitrogen and oxygen atoms in total. The molecule has 0 fully saturated rings. The summed E-state index contributed by atoms with van der Waals surface area (Å²) in [6, 6.07) is 22.6. The van der Waals surface area contributed by atoms with Crippen molar-refractivity contribution in [1.82, 2.24) is 10.6 Å². The van der Waals surface area contributed by atoms with Crippen molar-refractivity contribution in [2.75, 3.05) is 6.61 Å². The highest BCUT2D eigenvalue weighted by atomic mass is 16.5. The van der Waals surface area contributed by atoms with Gasteiger partial charge in [-0.05, 0) is 34.2 Å². The van der Waals surface area contributed by atoms with Crippen molar-refractivity contribution in [1.29, 1.82) is 0 Å². The number of carbonyl (C=O) groups excluding carboxylic acids is 2. The van der Waals surface area contributed by atoms with Crippen LogP contribution in [-0.4, -0.2) is 35.7 Å². The number of ether oxygens (including phenoxy) is 1. The predicted octanol–water partition coefficient (Wildman–Crippen LogP) is 4.64. The Morgan fingerprint density at radius 2 is 1.43 bits per heavy atom. The number of aliphatic carboxylic acids is 1. The van der Waals surface area contributed by atoms with Gasteiger partial charge in [-0.2, -0.15) is 0 Å². The predicted molar refractivity (Wildman–Crippen MR) is 132 cm³/mol. The number of alkyl carbamates (subject to hydrolysis) is 1. The largest absolute Gasteiger partial charge is 0.480 e. The molecule has 1 aliphatic carbocycles. The van der Waals surface area contributed by atoms with Crippen LogP contribution in [0.15, 0.2) is 78.9 Å². The summed E-state index contributed by atoms with van der Waals surface area (Å²) in [6.45, 7) is 1.95. The van der Waals surface area contributed by atoms with Gasteiger partial charge < -0.3 is 20.5 Å².